The maximum atomic E-state index is 2.38. The Bertz CT molecular complexity index is 1760. The highest BCUT2D eigenvalue weighted by atomic mass is 32.2. The quantitative estimate of drug-likeness (QED) is 0.192. The molecule has 0 atom stereocenters. The summed E-state index contributed by atoms with van der Waals surface area (Å²) >= 11 is 1.88. The predicted octanol–water partition coefficient (Wildman–Crippen LogP) is 9.60. The van der Waals surface area contributed by atoms with Gasteiger partial charge >= 0.3 is 0 Å². The molecule has 0 radical (unpaired) electrons. The third kappa shape index (κ3) is 2.93. The van der Waals surface area contributed by atoms with Crippen LogP contribution in [0.1, 0.15) is 0 Å². The molecule has 0 saturated heterocycles. The Hall–Kier alpha value is -3.81. The van der Waals surface area contributed by atoms with Gasteiger partial charge in [-0.05, 0) is 72.1 Å². The monoisotopic (exact) mass is 436 g/mol. The molecular weight excluding hydrogens is 416 g/mol. The van der Waals surface area contributed by atoms with Gasteiger partial charge in [0.05, 0.1) is 0 Å². The molecular formula is C32H20S. The van der Waals surface area contributed by atoms with Gasteiger partial charge in [-0.25, -0.2) is 0 Å². The van der Waals surface area contributed by atoms with Gasteiger partial charge in [-0.1, -0.05) is 115 Å². The molecule has 33 heavy (non-hydrogen) atoms. The first kappa shape index (κ1) is 18.7. The zero-order valence-electron chi connectivity index (χ0n) is 18.0. The first-order chi connectivity index (χ1) is 16.4. The maximum Gasteiger partial charge on any atom is 0.0279 e. The average molecular weight is 437 g/mol. The summed E-state index contributed by atoms with van der Waals surface area (Å²) in [5.74, 6) is 0. The summed E-state index contributed by atoms with van der Waals surface area (Å²) in [7, 11) is 0. The van der Waals surface area contributed by atoms with Crippen LogP contribution in [0.4, 0.5) is 0 Å². The largest absolute Gasteiger partial charge is 0.0888 e. The van der Waals surface area contributed by atoms with Gasteiger partial charge in [0.25, 0.3) is 0 Å². The van der Waals surface area contributed by atoms with Crippen LogP contribution < -0.4 is 0 Å². The van der Waals surface area contributed by atoms with E-state index in [-0.39, 0.29) is 0 Å². The molecule has 7 aromatic rings. The minimum Gasteiger partial charge on any atom is -0.0888 e. The van der Waals surface area contributed by atoms with E-state index in [4.69, 9.17) is 0 Å². The van der Waals surface area contributed by atoms with Gasteiger partial charge in [0, 0.05) is 9.79 Å². The van der Waals surface area contributed by atoms with E-state index in [2.05, 4.69) is 121 Å². The van der Waals surface area contributed by atoms with Crippen LogP contribution in [-0.2, 0) is 0 Å². The second-order valence-corrected chi connectivity index (χ2v) is 9.63. The lowest BCUT2D eigenvalue weighted by atomic mass is 9.94. The molecule has 0 unspecified atom stereocenters. The Labute approximate surface area is 196 Å². The van der Waals surface area contributed by atoms with E-state index in [9.17, 15) is 0 Å². The van der Waals surface area contributed by atoms with Gasteiger partial charge in [-0.3, -0.25) is 0 Å². The van der Waals surface area contributed by atoms with Crippen LogP contribution in [0.3, 0.4) is 0 Å². The number of hydrogen-bond acceptors (Lipinski definition) is 1. The number of hydrogen-bond donors (Lipinski definition) is 0. The fraction of sp³-hybridized carbons (Fsp3) is 0. The Balaban J connectivity index is 1.51. The van der Waals surface area contributed by atoms with Crippen molar-refractivity contribution in [3.8, 4) is 0 Å². The molecule has 0 aliphatic heterocycles. The topological polar surface area (TPSA) is 0 Å². The lowest BCUT2D eigenvalue weighted by Crippen LogP contribution is -1.85. The zero-order chi connectivity index (χ0) is 21.8. The second-order valence-electron chi connectivity index (χ2n) is 8.55. The van der Waals surface area contributed by atoms with E-state index < -0.39 is 0 Å². The van der Waals surface area contributed by atoms with Crippen molar-refractivity contribution in [3.63, 3.8) is 0 Å². The van der Waals surface area contributed by atoms with Crippen molar-refractivity contribution in [2.24, 2.45) is 0 Å². The van der Waals surface area contributed by atoms with E-state index in [0.29, 0.717) is 0 Å². The molecule has 7 rings (SSSR count). The van der Waals surface area contributed by atoms with Gasteiger partial charge in [-0.2, -0.15) is 0 Å². The minimum atomic E-state index is 1.27. The molecule has 0 nitrogen and oxygen atoms in total. The molecule has 154 valence electrons. The first-order valence-electron chi connectivity index (χ1n) is 11.3. The van der Waals surface area contributed by atoms with Crippen molar-refractivity contribution < 1.29 is 0 Å². The smallest absolute Gasteiger partial charge is 0.0279 e. The summed E-state index contributed by atoms with van der Waals surface area (Å²) in [5.41, 5.74) is 0. The van der Waals surface area contributed by atoms with Crippen LogP contribution >= 0.6 is 11.8 Å². The van der Waals surface area contributed by atoms with Crippen molar-refractivity contribution in [2.45, 2.75) is 9.79 Å². The molecule has 0 heterocycles. The molecule has 1 heteroatoms. The molecule has 0 aromatic heterocycles. The van der Waals surface area contributed by atoms with Crippen molar-refractivity contribution in [3.05, 3.63) is 121 Å². The number of benzene rings is 7. The van der Waals surface area contributed by atoms with Crippen LogP contribution in [0.2, 0.25) is 0 Å². The van der Waals surface area contributed by atoms with Crippen LogP contribution in [-0.4, -0.2) is 0 Å². The lowest BCUT2D eigenvalue weighted by molar-refractivity contribution is 1.50. The van der Waals surface area contributed by atoms with Crippen LogP contribution in [0.25, 0.3) is 53.9 Å². The third-order valence-electron chi connectivity index (χ3n) is 6.66. The summed E-state index contributed by atoms with van der Waals surface area (Å²) in [5, 5.41) is 13.1. The highest BCUT2D eigenvalue weighted by molar-refractivity contribution is 7.99. The Kier molecular flexibility index (Phi) is 4.18. The fourth-order valence-electron chi connectivity index (χ4n) is 5.15. The van der Waals surface area contributed by atoms with E-state index in [0.717, 1.165) is 0 Å². The summed E-state index contributed by atoms with van der Waals surface area (Å²) in [4.78, 5) is 2.59. The molecule has 0 aliphatic rings. The molecule has 7 aromatic carbocycles. The van der Waals surface area contributed by atoms with Gasteiger partial charge in [0.15, 0.2) is 0 Å². The standard InChI is InChI=1S/C32H20S/c1-3-11-24-21(9-1)19-22-10-2-4-12-25(22)32(24)33-23-17-18-30-28-15-6-5-13-26(28)27-14-7-8-16-29(27)31(30)20-23/h1-20H. The molecule has 0 saturated carbocycles. The zero-order valence-corrected chi connectivity index (χ0v) is 18.8. The fourth-order valence-corrected chi connectivity index (χ4v) is 6.29. The Morgan fingerprint density at radius 3 is 1.30 bits per heavy atom. The summed E-state index contributed by atoms with van der Waals surface area (Å²) in [6, 6.07) is 44.3. The molecule has 0 N–H and O–H groups in total. The van der Waals surface area contributed by atoms with E-state index in [1.54, 1.807) is 0 Å². The van der Waals surface area contributed by atoms with Crippen molar-refractivity contribution in [1.82, 2.24) is 0 Å². The van der Waals surface area contributed by atoms with Gasteiger partial charge < -0.3 is 0 Å². The maximum absolute atomic E-state index is 2.38. The average Bonchev–Trinajstić information content (AvgIpc) is 2.89. The summed E-state index contributed by atoms with van der Waals surface area (Å²) < 4.78 is 0. The predicted molar refractivity (Wildman–Crippen MR) is 145 cm³/mol. The van der Waals surface area contributed by atoms with Crippen molar-refractivity contribution in [1.29, 1.82) is 0 Å². The number of fused-ring (bicyclic) bond motifs is 8. The van der Waals surface area contributed by atoms with Gasteiger partial charge in [0.1, 0.15) is 0 Å². The normalized spacial score (nSPS) is 11.8. The van der Waals surface area contributed by atoms with Gasteiger partial charge in [-0.15, -0.1) is 0 Å². The molecule has 0 spiro atoms. The SMILES string of the molecule is c1ccc2c(Sc3ccc4c5ccccc5c5ccccc5c4c3)c3ccccc3cc2c1. The first-order valence-corrected chi connectivity index (χ1v) is 12.1. The van der Waals surface area contributed by atoms with E-state index in [1.165, 1.54) is 63.7 Å². The molecule has 0 bridgehead atoms. The Morgan fingerprint density at radius 1 is 0.333 bits per heavy atom. The van der Waals surface area contributed by atoms with Crippen molar-refractivity contribution >= 4 is 65.6 Å². The van der Waals surface area contributed by atoms with E-state index in [1.807, 2.05) is 11.8 Å². The minimum absolute atomic E-state index is 1.27. The lowest BCUT2D eigenvalue weighted by Gasteiger charge is -2.14. The highest BCUT2D eigenvalue weighted by Crippen LogP contribution is 2.42. The van der Waals surface area contributed by atoms with E-state index >= 15 is 0 Å². The molecule has 0 aliphatic carbocycles. The Morgan fingerprint density at radius 2 is 0.758 bits per heavy atom. The van der Waals surface area contributed by atoms with Crippen LogP contribution in [0, 0.1) is 0 Å². The number of rotatable bonds is 2. The molecule has 0 amide bonds. The highest BCUT2D eigenvalue weighted by Gasteiger charge is 2.12. The second kappa shape index (κ2) is 7.37. The van der Waals surface area contributed by atoms with Gasteiger partial charge in [0.2, 0.25) is 0 Å². The van der Waals surface area contributed by atoms with Crippen molar-refractivity contribution in [2.75, 3.05) is 0 Å². The van der Waals surface area contributed by atoms with Crippen LogP contribution in [0.5, 0.6) is 0 Å². The third-order valence-corrected chi connectivity index (χ3v) is 7.79. The molecule has 0 fully saturated rings. The van der Waals surface area contributed by atoms with Crippen LogP contribution in [0.15, 0.2) is 131 Å². The summed E-state index contributed by atoms with van der Waals surface area (Å²) in [6.45, 7) is 0. The summed E-state index contributed by atoms with van der Waals surface area (Å²) in [6.07, 6.45) is 0.